The van der Waals surface area contributed by atoms with E-state index in [-0.39, 0.29) is 5.54 Å². The van der Waals surface area contributed by atoms with E-state index in [0.717, 1.165) is 11.3 Å². The minimum Gasteiger partial charge on any atom is -0.455 e. The Morgan fingerprint density at radius 2 is 1.86 bits per heavy atom. The number of aromatic nitrogens is 1. The predicted octanol–water partition coefficient (Wildman–Crippen LogP) is 5.07. The third-order valence-electron chi connectivity index (χ3n) is 2.74. The topological polar surface area (TPSA) is 34.1 Å². The molecule has 0 spiro atoms. The van der Waals surface area contributed by atoms with Crippen molar-refractivity contribution in [2.75, 3.05) is 0 Å². The maximum atomic E-state index is 6.08. The van der Waals surface area contributed by atoms with Crippen LogP contribution < -0.4 is 10.1 Å². The Bertz CT molecular complexity index is 624. The Morgan fingerprint density at radius 3 is 2.52 bits per heavy atom. The highest BCUT2D eigenvalue weighted by Crippen LogP contribution is 2.29. The maximum Gasteiger partial charge on any atom is 0.147 e. The van der Waals surface area contributed by atoms with E-state index < -0.39 is 0 Å². The maximum absolute atomic E-state index is 6.08. The Balaban J connectivity index is 2.22. The van der Waals surface area contributed by atoms with Gasteiger partial charge in [0, 0.05) is 34.9 Å². The van der Waals surface area contributed by atoms with Crippen molar-refractivity contribution in [3.8, 4) is 11.5 Å². The largest absolute Gasteiger partial charge is 0.455 e. The predicted molar refractivity (Wildman–Crippen MR) is 87.4 cm³/mol. The van der Waals surface area contributed by atoms with Crippen molar-refractivity contribution in [1.82, 2.24) is 10.3 Å². The van der Waals surface area contributed by atoms with E-state index in [2.05, 4.69) is 31.1 Å². The molecule has 0 unspecified atom stereocenters. The molecule has 0 aliphatic carbocycles. The summed E-state index contributed by atoms with van der Waals surface area (Å²) in [6, 6.07) is 7.27. The number of nitrogens with one attached hydrogen (secondary N) is 1. The molecule has 1 heterocycles. The monoisotopic (exact) mass is 324 g/mol. The second-order valence-electron chi connectivity index (χ2n) is 5.80. The molecule has 1 aromatic heterocycles. The fraction of sp³-hybridized carbons (Fsp3) is 0.312. The second-order valence-corrected chi connectivity index (χ2v) is 6.67. The molecule has 0 aliphatic heterocycles. The molecular formula is C16H18Cl2N2O. The van der Waals surface area contributed by atoms with Gasteiger partial charge in [0.05, 0.1) is 11.2 Å². The Labute approximate surface area is 135 Å². The summed E-state index contributed by atoms with van der Waals surface area (Å²) >= 11 is 12.0. The molecular weight excluding hydrogens is 307 g/mol. The summed E-state index contributed by atoms with van der Waals surface area (Å²) in [5, 5.41) is 4.64. The summed E-state index contributed by atoms with van der Waals surface area (Å²) in [6.07, 6.45) is 3.19. The minimum atomic E-state index is 0.0111. The Morgan fingerprint density at radius 1 is 1.10 bits per heavy atom. The van der Waals surface area contributed by atoms with Crippen LogP contribution in [0.15, 0.2) is 36.7 Å². The molecule has 1 N–H and O–H groups in total. The average molecular weight is 325 g/mol. The van der Waals surface area contributed by atoms with Crippen LogP contribution in [0.1, 0.15) is 26.3 Å². The zero-order valence-corrected chi connectivity index (χ0v) is 13.8. The van der Waals surface area contributed by atoms with E-state index in [1.54, 1.807) is 24.5 Å². The quantitative estimate of drug-likeness (QED) is 0.852. The lowest BCUT2D eigenvalue weighted by Gasteiger charge is -2.21. The molecule has 21 heavy (non-hydrogen) atoms. The fourth-order valence-corrected chi connectivity index (χ4v) is 2.08. The van der Waals surface area contributed by atoms with E-state index in [1.807, 2.05) is 12.1 Å². The molecule has 2 rings (SSSR count). The van der Waals surface area contributed by atoms with Gasteiger partial charge in [-0.25, -0.2) is 0 Å². The summed E-state index contributed by atoms with van der Waals surface area (Å²) in [4.78, 5) is 4.01. The Kier molecular flexibility index (Phi) is 5.09. The molecule has 1 aromatic carbocycles. The molecule has 0 fully saturated rings. The van der Waals surface area contributed by atoms with Gasteiger partial charge in [0.1, 0.15) is 11.5 Å². The molecule has 5 heteroatoms. The lowest BCUT2D eigenvalue weighted by Crippen LogP contribution is -2.35. The van der Waals surface area contributed by atoms with Gasteiger partial charge in [0.15, 0.2) is 0 Å². The van der Waals surface area contributed by atoms with E-state index >= 15 is 0 Å². The van der Waals surface area contributed by atoms with Crippen LogP contribution in [-0.4, -0.2) is 10.5 Å². The molecule has 0 radical (unpaired) electrons. The molecule has 0 amide bonds. The number of halogens is 2. The first kappa shape index (κ1) is 16.1. The van der Waals surface area contributed by atoms with Crippen molar-refractivity contribution >= 4 is 23.2 Å². The normalized spacial score (nSPS) is 11.5. The average Bonchev–Trinajstić information content (AvgIpc) is 2.38. The van der Waals surface area contributed by atoms with Gasteiger partial charge < -0.3 is 10.1 Å². The minimum absolute atomic E-state index is 0.0111. The number of nitrogens with zero attached hydrogens (tertiary/aromatic N) is 1. The third-order valence-corrected chi connectivity index (χ3v) is 3.18. The second kappa shape index (κ2) is 6.65. The van der Waals surface area contributed by atoms with E-state index in [0.29, 0.717) is 22.3 Å². The van der Waals surface area contributed by atoms with Crippen molar-refractivity contribution < 1.29 is 4.74 Å². The van der Waals surface area contributed by atoms with Gasteiger partial charge in [-0.3, -0.25) is 4.98 Å². The van der Waals surface area contributed by atoms with Crippen LogP contribution in [0.25, 0.3) is 0 Å². The van der Waals surface area contributed by atoms with Crippen LogP contribution >= 0.6 is 23.2 Å². The highest BCUT2D eigenvalue weighted by molar-refractivity contribution is 6.30. The number of hydrogen-bond acceptors (Lipinski definition) is 3. The van der Waals surface area contributed by atoms with Crippen LogP contribution in [0.3, 0.4) is 0 Å². The number of rotatable bonds is 4. The van der Waals surface area contributed by atoms with E-state index in [9.17, 15) is 0 Å². The van der Waals surface area contributed by atoms with E-state index in [1.165, 1.54) is 0 Å². The van der Waals surface area contributed by atoms with Crippen LogP contribution in [0.4, 0.5) is 0 Å². The van der Waals surface area contributed by atoms with Crippen LogP contribution in [0.5, 0.6) is 11.5 Å². The summed E-state index contributed by atoms with van der Waals surface area (Å²) in [5.41, 5.74) is 0.995. The number of ether oxygens (including phenoxy) is 1. The molecule has 0 bridgehead atoms. The van der Waals surface area contributed by atoms with Gasteiger partial charge in [0.25, 0.3) is 0 Å². The SMILES string of the molecule is CC(C)(C)NCc1cc(Cl)ccc1Oc1cncc(Cl)c1. The first-order valence-corrected chi connectivity index (χ1v) is 7.41. The smallest absolute Gasteiger partial charge is 0.147 e. The summed E-state index contributed by atoms with van der Waals surface area (Å²) in [5.74, 6) is 1.34. The van der Waals surface area contributed by atoms with Crippen molar-refractivity contribution in [3.63, 3.8) is 0 Å². The highest BCUT2D eigenvalue weighted by Gasteiger charge is 2.12. The van der Waals surface area contributed by atoms with Gasteiger partial charge in [-0.2, -0.15) is 0 Å². The third kappa shape index (κ3) is 5.20. The van der Waals surface area contributed by atoms with Crippen molar-refractivity contribution in [3.05, 3.63) is 52.3 Å². The molecule has 112 valence electrons. The molecule has 0 saturated carbocycles. The molecule has 3 nitrogen and oxygen atoms in total. The van der Waals surface area contributed by atoms with Gasteiger partial charge >= 0.3 is 0 Å². The van der Waals surface area contributed by atoms with Crippen LogP contribution in [-0.2, 0) is 6.54 Å². The standard InChI is InChI=1S/C16H18Cl2N2O/c1-16(2,3)20-8-11-6-12(17)4-5-15(11)21-14-7-13(18)9-19-10-14/h4-7,9-10,20H,8H2,1-3H3. The Hall–Kier alpha value is -1.29. The van der Waals surface area contributed by atoms with Gasteiger partial charge in [-0.15, -0.1) is 0 Å². The lowest BCUT2D eigenvalue weighted by molar-refractivity contribution is 0.414. The molecule has 0 saturated heterocycles. The summed E-state index contributed by atoms with van der Waals surface area (Å²) in [6.45, 7) is 6.99. The van der Waals surface area contributed by atoms with Crippen molar-refractivity contribution in [2.45, 2.75) is 32.9 Å². The lowest BCUT2D eigenvalue weighted by atomic mass is 10.1. The van der Waals surface area contributed by atoms with E-state index in [4.69, 9.17) is 27.9 Å². The highest BCUT2D eigenvalue weighted by atomic mass is 35.5. The number of pyridine rings is 1. The van der Waals surface area contributed by atoms with Crippen molar-refractivity contribution in [2.24, 2.45) is 0 Å². The molecule has 0 atom stereocenters. The molecule has 2 aromatic rings. The first-order chi connectivity index (χ1) is 9.83. The van der Waals surface area contributed by atoms with Gasteiger partial charge in [-0.05, 0) is 39.0 Å². The summed E-state index contributed by atoms with van der Waals surface area (Å²) in [7, 11) is 0. The number of hydrogen-bond donors (Lipinski definition) is 1. The molecule has 0 aliphatic rings. The number of benzene rings is 1. The van der Waals surface area contributed by atoms with Crippen LogP contribution in [0.2, 0.25) is 10.0 Å². The summed E-state index contributed by atoms with van der Waals surface area (Å²) < 4.78 is 5.86. The first-order valence-electron chi connectivity index (χ1n) is 6.65. The van der Waals surface area contributed by atoms with Gasteiger partial charge in [-0.1, -0.05) is 23.2 Å². The van der Waals surface area contributed by atoms with Crippen molar-refractivity contribution in [1.29, 1.82) is 0 Å². The fourth-order valence-electron chi connectivity index (χ4n) is 1.72. The van der Waals surface area contributed by atoms with Gasteiger partial charge in [0.2, 0.25) is 0 Å². The van der Waals surface area contributed by atoms with Crippen LogP contribution in [0, 0.1) is 0 Å². The zero-order valence-electron chi connectivity index (χ0n) is 12.3. The zero-order chi connectivity index (χ0) is 15.5.